The lowest BCUT2D eigenvalue weighted by atomic mass is 10.1. The Morgan fingerprint density at radius 2 is 2.03 bits per heavy atom. The third kappa shape index (κ3) is 4.39. The highest BCUT2D eigenvalue weighted by molar-refractivity contribution is 8.26. The van der Waals surface area contributed by atoms with Crippen LogP contribution in [0.25, 0.3) is 17.4 Å². The molecule has 1 aromatic carbocycles. The van der Waals surface area contributed by atoms with Gasteiger partial charge in [-0.25, -0.2) is 4.79 Å². The van der Waals surface area contributed by atoms with Crippen LogP contribution in [0, 0.1) is 10.1 Å². The minimum Gasteiger partial charge on any atom is -0.481 e. The molecule has 2 N–H and O–H groups in total. The number of thioether (sulfide) groups is 1. The predicted octanol–water partition coefficient (Wildman–Crippen LogP) is 2.98. The summed E-state index contributed by atoms with van der Waals surface area (Å²) >= 11 is 5.88. The first-order chi connectivity index (χ1) is 14.2. The fourth-order valence-electron chi connectivity index (χ4n) is 2.69. The van der Waals surface area contributed by atoms with E-state index < -0.39 is 35.2 Å². The van der Waals surface area contributed by atoms with Gasteiger partial charge in [0.15, 0.2) is 0 Å². The van der Waals surface area contributed by atoms with E-state index in [9.17, 15) is 29.6 Å². The zero-order valence-corrected chi connectivity index (χ0v) is 16.5. The molecule has 10 nitrogen and oxygen atoms in total. The number of carboxylic acid groups (broad SMARTS) is 2. The summed E-state index contributed by atoms with van der Waals surface area (Å²) < 4.78 is 5.54. The Morgan fingerprint density at radius 1 is 1.30 bits per heavy atom. The van der Waals surface area contributed by atoms with Crippen molar-refractivity contribution in [1.29, 1.82) is 0 Å². The molecule has 1 atom stereocenters. The second-order valence-corrected chi connectivity index (χ2v) is 7.69. The number of nitro benzene ring substituents is 1. The molecule has 1 fully saturated rings. The maximum absolute atomic E-state index is 12.6. The van der Waals surface area contributed by atoms with E-state index in [2.05, 4.69) is 0 Å². The molecule has 0 aliphatic carbocycles. The van der Waals surface area contributed by atoms with E-state index in [4.69, 9.17) is 21.7 Å². The molecule has 154 valence electrons. The Bertz CT molecular complexity index is 1110. The summed E-state index contributed by atoms with van der Waals surface area (Å²) in [6.45, 7) is 0. The highest BCUT2D eigenvalue weighted by Gasteiger charge is 2.41. The standard InChI is InChI=1S/C18H12N2O8S2/c21-15(22)8-12(17(24)25)19-16(23)14(30-18(19)29)7-11-4-5-13(28-11)9-2-1-3-10(6-9)20(26)27/h1-7,12H,8H2,(H,21,22)(H,24,25)/b14-7+/t12-/m1/s1. The summed E-state index contributed by atoms with van der Waals surface area (Å²) in [6, 6.07) is 7.29. The van der Waals surface area contributed by atoms with Gasteiger partial charge in [-0.2, -0.15) is 0 Å². The van der Waals surface area contributed by atoms with Gasteiger partial charge in [-0.1, -0.05) is 36.1 Å². The van der Waals surface area contributed by atoms with Gasteiger partial charge in [0.2, 0.25) is 0 Å². The number of amides is 1. The summed E-state index contributed by atoms with van der Waals surface area (Å²) in [7, 11) is 0. The Hall–Kier alpha value is -3.51. The Morgan fingerprint density at radius 3 is 2.67 bits per heavy atom. The molecule has 1 saturated heterocycles. The van der Waals surface area contributed by atoms with Crippen LogP contribution in [-0.4, -0.2) is 48.2 Å². The van der Waals surface area contributed by atoms with E-state index in [0.717, 1.165) is 16.7 Å². The zero-order valence-electron chi connectivity index (χ0n) is 14.9. The van der Waals surface area contributed by atoms with Crippen molar-refractivity contribution in [2.45, 2.75) is 12.5 Å². The lowest BCUT2D eigenvalue weighted by molar-refractivity contribution is -0.384. The summed E-state index contributed by atoms with van der Waals surface area (Å²) in [4.78, 5) is 46.2. The molecule has 1 aromatic heterocycles. The van der Waals surface area contributed by atoms with Gasteiger partial charge in [0, 0.05) is 23.8 Å². The number of thiocarbonyl (C=S) groups is 1. The minimum absolute atomic E-state index is 0.0663. The maximum Gasteiger partial charge on any atom is 0.327 e. The van der Waals surface area contributed by atoms with Crippen LogP contribution in [0.3, 0.4) is 0 Å². The van der Waals surface area contributed by atoms with Crippen LogP contribution in [0.5, 0.6) is 0 Å². The normalized spacial score (nSPS) is 16.1. The molecule has 2 aromatic rings. The number of hydrogen-bond donors (Lipinski definition) is 2. The largest absolute Gasteiger partial charge is 0.481 e. The quantitative estimate of drug-likeness (QED) is 0.280. The van der Waals surface area contributed by atoms with Crippen molar-refractivity contribution in [3.8, 4) is 11.3 Å². The van der Waals surface area contributed by atoms with Crippen LogP contribution in [0.4, 0.5) is 5.69 Å². The summed E-state index contributed by atoms with van der Waals surface area (Å²) in [5.41, 5.74) is 0.355. The van der Waals surface area contributed by atoms with Gasteiger partial charge < -0.3 is 14.6 Å². The van der Waals surface area contributed by atoms with Crippen molar-refractivity contribution in [2.24, 2.45) is 0 Å². The van der Waals surface area contributed by atoms with Crippen molar-refractivity contribution in [3.63, 3.8) is 0 Å². The number of rotatable bonds is 7. The third-order valence-corrected chi connectivity index (χ3v) is 5.36. The van der Waals surface area contributed by atoms with Crippen molar-refractivity contribution in [3.05, 3.63) is 57.2 Å². The van der Waals surface area contributed by atoms with Gasteiger partial charge in [-0.15, -0.1) is 0 Å². The van der Waals surface area contributed by atoms with Crippen LogP contribution in [0.15, 0.2) is 45.7 Å². The van der Waals surface area contributed by atoms with Crippen molar-refractivity contribution < 1.29 is 33.9 Å². The fraction of sp³-hybridized carbons (Fsp3) is 0.111. The Labute approximate surface area is 177 Å². The molecule has 0 saturated carbocycles. The summed E-state index contributed by atoms with van der Waals surface area (Å²) in [6.07, 6.45) is 0.548. The molecule has 0 bridgehead atoms. The molecule has 30 heavy (non-hydrogen) atoms. The van der Waals surface area contributed by atoms with E-state index in [0.29, 0.717) is 11.3 Å². The van der Waals surface area contributed by atoms with Crippen LogP contribution >= 0.6 is 24.0 Å². The number of carboxylic acids is 2. The van der Waals surface area contributed by atoms with Gasteiger partial charge >= 0.3 is 11.9 Å². The number of furan rings is 1. The monoisotopic (exact) mass is 448 g/mol. The summed E-state index contributed by atoms with van der Waals surface area (Å²) in [5, 5.41) is 29.1. The molecule has 0 radical (unpaired) electrons. The van der Waals surface area contributed by atoms with E-state index in [1.807, 2.05) is 0 Å². The number of benzene rings is 1. The van der Waals surface area contributed by atoms with Crippen molar-refractivity contribution >= 4 is 57.9 Å². The molecule has 1 aliphatic heterocycles. The predicted molar refractivity (Wildman–Crippen MR) is 109 cm³/mol. The highest BCUT2D eigenvalue weighted by Crippen LogP contribution is 2.35. The molecule has 1 amide bonds. The van der Waals surface area contributed by atoms with Crippen molar-refractivity contribution in [1.82, 2.24) is 4.90 Å². The van der Waals surface area contributed by atoms with Crippen molar-refractivity contribution in [2.75, 3.05) is 0 Å². The number of non-ortho nitro benzene ring substituents is 1. The SMILES string of the molecule is O=C(O)C[C@H](C(=O)O)N1C(=O)/C(=C\c2ccc(-c3cccc([N+](=O)[O-])c3)o2)SC1=S. The van der Waals surface area contributed by atoms with E-state index in [-0.39, 0.29) is 20.7 Å². The highest BCUT2D eigenvalue weighted by atomic mass is 32.2. The Balaban J connectivity index is 1.86. The van der Waals surface area contributed by atoms with Crippen LogP contribution in [-0.2, 0) is 14.4 Å². The zero-order chi connectivity index (χ0) is 22.0. The van der Waals surface area contributed by atoms with Gasteiger partial charge in [0.25, 0.3) is 11.6 Å². The molecule has 0 spiro atoms. The summed E-state index contributed by atoms with van der Waals surface area (Å²) in [5.74, 6) is -3.04. The lowest BCUT2D eigenvalue weighted by Gasteiger charge is -2.21. The second-order valence-electron chi connectivity index (χ2n) is 6.01. The van der Waals surface area contributed by atoms with Gasteiger partial charge in [0.1, 0.15) is 21.9 Å². The smallest absolute Gasteiger partial charge is 0.327 e. The Kier molecular flexibility index (Phi) is 5.99. The number of nitro groups is 1. The molecule has 12 heteroatoms. The van der Waals surface area contributed by atoms with Gasteiger partial charge in [0.05, 0.1) is 16.2 Å². The third-order valence-electron chi connectivity index (χ3n) is 4.03. The van der Waals surface area contributed by atoms with E-state index in [1.165, 1.54) is 30.3 Å². The lowest BCUT2D eigenvalue weighted by Crippen LogP contribution is -2.45. The first-order valence-electron chi connectivity index (χ1n) is 8.23. The molecule has 3 rings (SSSR count). The topological polar surface area (TPSA) is 151 Å². The molecular formula is C18H12N2O8S2. The fourth-order valence-corrected chi connectivity index (χ4v) is 4.03. The van der Waals surface area contributed by atoms with Gasteiger partial charge in [-0.3, -0.25) is 24.6 Å². The average molecular weight is 448 g/mol. The maximum atomic E-state index is 12.6. The molecule has 1 aliphatic rings. The average Bonchev–Trinajstić information content (AvgIpc) is 3.25. The molecular weight excluding hydrogens is 436 g/mol. The number of carbonyl (C=O) groups is 3. The number of nitrogens with zero attached hydrogens (tertiary/aromatic N) is 2. The number of aliphatic carboxylic acids is 2. The number of hydrogen-bond acceptors (Lipinski definition) is 8. The first kappa shape index (κ1) is 21.2. The molecule has 2 heterocycles. The minimum atomic E-state index is -1.63. The molecule has 0 unspecified atom stereocenters. The van der Waals surface area contributed by atoms with E-state index in [1.54, 1.807) is 12.1 Å². The number of carbonyl (C=O) groups excluding carboxylic acids is 1. The van der Waals surface area contributed by atoms with Crippen LogP contribution < -0.4 is 0 Å². The second kappa shape index (κ2) is 8.47. The van der Waals surface area contributed by atoms with Crippen LogP contribution in [0.2, 0.25) is 0 Å². The van der Waals surface area contributed by atoms with E-state index >= 15 is 0 Å². The first-order valence-corrected chi connectivity index (χ1v) is 9.46. The van der Waals surface area contributed by atoms with Gasteiger partial charge in [-0.05, 0) is 12.1 Å². The van der Waals surface area contributed by atoms with Crippen LogP contribution in [0.1, 0.15) is 12.2 Å².